The van der Waals surface area contributed by atoms with Gasteiger partial charge in [0.25, 0.3) is 0 Å². The third kappa shape index (κ3) is 4.13. The highest BCUT2D eigenvalue weighted by Gasteiger charge is 2.19. The van der Waals surface area contributed by atoms with Crippen LogP contribution in [-0.2, 0) is 0 Å². The van der Waals surface area contributed by atoms with Gasteiger partial charge in [-0.05, 0) is 75.5 Å². The van der Waals surface area contributed by atoms with Crippen LogP contribution in [0.2, 0.25) is 0 Å². The van der Waals surface area contributed by atoms with Crippen molar-refractivity contribution < 1.29 is 4.42 Å². The van der Waals surface area contributed by atoms with E-state index in [1.54, 1.807) is 0 Å². The van der Waals surface area contributed by atoms with E-state index in [1.165, 1.54) is 33.0 Å². The minimum absolute atomic E-state index is 0.884. The minimum atomic E-state index is 0.884. The Morgan fingerprint density at radius 2 is 1.05 bits per heavy atom. The zero-order valence-electron chi connectivity index (χ0n) is 22.9. The average Bonchev–Trinajstić information content (AvgIpc) is 3.45. The van der Waals surface area contributed by atoms with Gasteiger partial charge in [0.2, 0.25) is 0 Å². The highest BCUT2D eigenvalue weighted by Crippen LogP contribution is 2.42. The summed E-state index contributed by atoms with van der Waals surface area (Å²) in [6.07, 6.45) is 0. The van der Waals surface area contributed by atoms with Crippen LogP contribution in [0, 0.1) is 0 Å². The molecule has 0 N–H and O–H groups in total. The van der Waals surface area contributed by atoms with Crippen molar-refractivity contribution in [3.63, 3.8) is 0 Å². The summed E-state index contributed by atoms with van der Waals surface area (Å²) >= 11 is 0. The van der Waals surface area contributed by atoms with Crippen molar-refractivity contribution in [1.29, 1.82) is 0 Å². The second-order valence-electron chi connectivity index (χ2n) is 10.6. The van der Waals surface area contributed by atoms with Crippen molar-refractivity contribution in [3.8, 4) is 22.3 Å². The molecule has 198 valence electrons. The van der Waals surface area contributed by atoms with E-state index in [-0.39, 0.29) is 0 Å². The van der Waals surface area contributed by atoms with Gasteiger partial charge in [-0.25, -0.2) is 0 Å². The van der Waals surface area contributed by atoms with Gasteiger partial charge in [0.15, 0.2) is 5.58 Å². The molecule has 8 rings (SSSR count). The first kappa shape index (κ1) is 24.2. The molecule has 0 radical (unpaired) electrons. The van der Waals surface area contributed by atoms with Crippen LogP contribution >= 0.6 is 0 Å². The van der Waals surface area contributed by atoms with Gasteiger partial charge in [-0.2, -0.15) is 0 Å². The number of fused-ring (bicyclic) bond motifs is 4. The summed E-state index contributed by atoms with van der Waals surface area (Å²) in [7, 11) is 0. The van der Waals surface area contributed by atoms with Crippen molar-refractivity contribution in [2.24, 2.45) is 0 Å². The summed E-state index contributed by atoms with van der Waals surface area (Å²) in [5.74, 6) is 0. The molecule has 42 heavy (non-hydrogen) atoms. The van der Waals surface area contributed by atoms with Crippen molar-refractivity contribution >= 4 is 49.8 Å². The van der Waals surface area contributed by atoms with E-state index >= 15 is 0 Å². The molecule has 0 saturated carbocycles. The predicted octanol–water partition coefficient (Wildman–Crippen LogP) is 11.5. The van der Waals surface area contributed by atoms with Crippen molar-refractivity contribution in [2.45, 2.75) is 0 Å². The van der Waals surface area contributed by atoms with Crippen LogP contribution in [0.25, 0.3) is 55.0 Å². The van der Waals surface area contributed by atoms with E-state index in [0.717, 1.165) is 39.0 Å². The number of benzene rings is 7. The number of hydrogen-bond acceptors (Lipinski definition) is 2. The molecule has 2 nitrogen and oxygen atoms in total. The van der Waals surface area contributed by atoms with E-state index < -0.39 is 0 Å². The molecule has 0 bridgehead atoms. The van der Waals surface area contributed by atoms with Crippen molar-refractivity contribution in [3.05, 3.63) is 164 Å². The van der Waals surface area contributed by atoms with Crippen LogP contribution in [0.1, 0.15) is 0 Å². The molecule has 0 fully saturated rings. The van der Waals surface area contributed by atoms with Crippen LogP contribution in [0.15, 0.2) is 168 Å². The quantitative estimate of drug-likeness (QED) is 0.217. The maximum atomic E-state index is 6.44. The first-order valence-electron chi connectivity index (χ1n) is 14.3. The van der Waals surface area contributed by atoms with Gasteiger partial charge >= 0.3 is 0 Å². The fourth-order valence-electron chi connectivity index (χ4n) is 6.06. The minimum Gasteiger partial charge on any atom is -0.454 e. The smallest absolute Gasteiger partial charge is 0.159 e. The number of rotatable bonds is 5. The first-order valence-corrected chi connectivity index (χ1v) is 14.3. The molecule has 8 aromatic rings. The Kier molecular flexibility index (Phi) is 5.82. The zero-order chi connectivity index (χ0) is 27.9. The topological polar surface area (TPSA) is 16.4 Å². The molecular weight excluding hydrogens is 510 g/mol. The summed E-state index contributed by atoms with van der Waals surface area (Å²) in [5, 5.41) is 4.77. The normalized spacial score (nSPS) is 11.3. The molecule has 7 aromatic carbocycles. The monoisotopic (exact) mass is 537 g/mol. The van der Waals surface area contributed by atoms with Gasteiger partial charge in [-0.3, -0.25) is 0 Å². The fourth-order valence-corrected chi connectivity index (χ4v) is 6.06. The Balaban J connectivity index is 1.22. The second-order valence-corrected chi connectivity index (χ2v) is 10.6. The molecule has 0 aliphatic heterocycles. The number of hydrogen-bond donors (Lipinski definition) is 0. The summed E-state index contributed by atoms with van der Waals surface area (Å²) < 4.78 is 6.44. The van der Waals surface area contributed by atoms with Gasteiger partial charge < -0.3 is 9.32 Å². The Morgan fingerprint density at radius 1 is 0.405 bits per heavy atom. The lowest BCUT2D eigenvalue weighted by Gasteiger charge is -2.25. The highest BCUT2D eigenvalue weighted by atomic mass is 16.3. The van der Waals surface area contributed by atoms with Crippen LogP contribution in [0.5, 0.6) is 0 Å². The lowest BCUT2D eigenvalue weighted by molar-refractivity contribution is 0.669. The SMILES string of the molecule is c1ccc(N(c2ccc(-c3cccc(-c4cccc5ccccc45)c3)cc2)c2cccc3c2oc2ccccc23)cc1. The molecule has 0 spiro atoms. The fraction of sp³-hybridized carbons (Fsp3) is 0. The zero-order valence-corrected chi connectivity index (χ0v) is 22.9. The standard InChI is InChI=1S/C40H27NO/c1-2-15-32(16-3-1)41(38-21-10-20-37-36-18-6-7-22-39(36)42-40(37)38)33-25-23-28(24-26-33)30-13-8-14-31(27-30)35-19-9-12-29-11-4-5-17-34(29)35/h1-27H. The number of nitrogens with zero attached hydrogens (tertiary/aromatic N) is 1. The largest absolute Gasteiger partial charge is 0.454 e. The summed E-state index contributed by atoms with van der Waals surface area (Å²) in [6, 6.07) is 57.9. The summed E-state index contributed by atoms with van der Waals surface area (Å²) in [4.78, 5) is 2.28. The molecule has 0 aliphatic carbocycles. The Labute approximate surface area is 244 Å². The molecular formula is C40H27NO. The second kappa shape index (κ2) is 10.1. The van der Waals surface area contributed by atoms with Crippen LogP contribution in [-0.4, -0.2) is 0 Å². The molecule has 2 heteroatoms. The molecule has 0 aliphatic rings. The van der Waals surface area contributed by atoms with Gasteiger partial charge in [0.1, 0.15) is 5.58 Å². The van der Waals surface area contributed by atoms with Crippen LogP contribution in [0.3, 0.4) is 0 Å². The molecule has 0 unspecified atom stereocenters. The van der Waals surface area contributed by atoms with E-state index in [9.17, 15) is 0 Å². The molecule has 1 aromatic heterocycles. The number of para-hydroxylation sites is 3. The van der Waals surface area contributed by atoms with E-state index in [2.05, 4.69) is 157 Å². The van der Waals surface area contributed by atoms with Crippen LogP contribution in [0.4, 0.5) is 17.1 Å². The number of furan rings is 1. The molecule has 1 heterocycles. The lowest BCUT2D eigenvalue weighted by atomic mass is 9.95. The van der Waals surface area contributed by atoms with E-state index in [4.69, 9.17) is 4.42 Å². The Morgan fingerprint density at radius 3 is 1.93 bits per heavy atom. The Bertz CT molecular complexity index is 2190. The molecule has 0 saturated heterocycles. The van der Waals surface area contributed by atoms with Gasteiger partial charge in [-0.15, -0.1) is 0 Å². The molecule has 0 amide bonds. The summed E-state index contributed by atoms with van der Waals surface area (Å²) in [6.45, 7) is 0. The van der Waals surface area contributed by atoms with Crippen molar-refractivity contribution in [2.75, 3.05) is 4.90 Å². The Hall–Kier alpha value is -5.60. The van der Waals surface area contributed by atoms with E-state index in [0.29, 0.717) is 0 Å². The van der Waals surface area contributed by atoms with Gasteiger partial charge in [0, 0.05) is 22.1 Å². The van der Waals surface area contributed by atoms with Gasteiger partial charge in [0.05, 0.1) is 5.69 Å². The maximum Gasteiger partial charge on any atom is 0.159 e. The average molecular weight is 538 g/mol. The third-order valence-electron chi connectivity index (χ3n) is 8.06. The highest BCUT2D eigenvalue weighted by molar-refractivity contribution is 6.10. The molecule has 0 atom stereocenters. The third-order valence-corrected chi connectivity index (χ3v) is 8.06. The first-order chi connectivity index (χ1) is 20.8. The maximum absolute atomic E-state index is 6.44. The predicted molar refractivity (Wildman–Crippen MR) is 177 cm³/mol. The summed E-state index contributed by atoms with van der Waals surface area (Å²) in [5.41, 5.74) is 9.79. The number of anilines is 3. The van der Waals surface area contributed by atoms with Gasteiger partial charge in [-0.1, -0.05) is 121 Å². The lowest BCUT2D eigenvalue weighted by Crippen LogP contribution is -2.10. The van der Waals surface area contributed by atoms with Crippen LogP contribution < -0.4 is 4.90 Å². The van der Waals surface area contributed by atoms with Crippen molar-refractivity contribution in [1.82, 2.24) is 0 Å². The van der Waals surface area contributed by atoms with E-state index in [1.807, 2.05) is 12.1 Å².